The maximum absolute atomic E-state index is 13.2. The molecule has 0 unspecified atom stereocenters. The van der Waals surface area contributed by atoms with Gasteiger partial charge in [-0.1, -0.05) is 37.3 Å². The summed E-state index contributed by atoms with van der Waals surface area (Å²) < 4.78 is 54.8. The van der Waals surface area contributed by atoms with Crippen molar-refractivity contribution < 1.29 is 81.2 Å². The first-order valence-electron chi connectivity index (χ1n) is 23.0. The molecule has 0 heterocycles. The number of hydrogen-bond donors (Lipinski definition) is 4. The van der Waals surface area contributed by atoms with Gasteiger partial charge >= 0.3 is 11.9 Å². The van der Waals surface area contributed by atoms with Gasteiger partial charge in [0.15, 0.2) is 0 Å². The summed E-state index contributed by atoms with van der Waals surface area (Å²) in [6.07, 6.45) is 0.578. The Bertz CT molecular complexity index is 1500. The average Bonchev–Trinajstić information content (AvgIpc) is 3.29. The molecule has 67 heavy (non-hydrogen) atoms. The quantitative estimate of drug-likeness (QED) is 0.0537. The first-order valence-corrected chi connectivity index (χ1v) is 23.0. The molecule has 0 fully saturated rings. The zero-order valence-corrected chi connectivity index (χ0v) is 40.5. The highest BCUT2D eigenvalue weighted by atomic mass is 16.6. The van der Waals surface area contributed by atoms with Gasteiger partial charge in [0.05, 0.1) is 124 Å². The molecule has 0 aromatic heterocycles. The number of aliphatic carboxylic acids is 1. The maximum atomic E-state index is 13.2. The van der Waals surface area contributed by atoms with Crippen LogP contribution in [0.2, 0.25) is 0 Å². The second-order valence-electron chi connectivity index (χ2n) is 16.0. The molecule has 0 aliphatic heterocycles. The van der Waals surface area contributed by atoms with Crippen LogP contribution in [0, 0.1) is 0 Å². The molecule has 0 aliphatic rings. The summed E-state index contributed by atoms with van der Waals surface area (Å²) in [5.41, 5.74) is 0.288. The van der Waals surface area contributed by atoms with Gasteiger partial charge in [0.1, 0.15) is 24.7 Å². The Hall–Kier alpha value is -4.32. The van der Waals surface area contributed by atoms with Crippen LogP contribution >= 0.6 is 0 Å². The number of carboxylic acid groups (broad SMARTS) is 1. The van der Waals surface area contributed by atoms with Crippen LogP contribution in [0.5, 0.6) is 0 Å². The van der Waals surface area contributed by atoms with E-state index in [1.807, 2.05) is 37.3 Å². The van der Waals surface area contributed by atoms with Gasteiger partial charge in [-0.05, 0) is 46.6 Å². The zero-order valence-electron chi connectivity index (χ0n) is 40.5. The van der Waals surface area contributed by atoms with Crippen molar-refractivity contribution >= 4 is 35.6 Å². The van der Waals surface area contributed by atoms with E-state index < -0.39 is 53.4 Å². The van der Waals surface area contributed by atoms with Crippen molar-refractivity contribution in [3.05, 3.63) is 35.9 Å². The molecule has 1 aromatic carbocycles. The molecule has 0 saturated heterocycles. The van der Waals surface area contributed by atoms with E-state index in [1.54, 1.807) is 20.8 Å². The Labute approximate surface area is 395 Å². The van der Waals surface area contributed by atoms with Gasteiger partial charge in [-0.2, -0.15) is 0 Å². The Morgan fingerprint density at radius 1 is 0.627 bits per heavy atom. The summed E-state index contributed by atoms with van der Waals surface area (Å²) >= 11 is 0. The molecule has 1 aromatic rings. The van der Waals surface area contributed by atoms with Gasteiger partial charge in [0.2, 0.25) is 23.6 Å². The molecular weight excluding hydrogens is 881 g/mol. The fourth-order valence-electron chi connectivity index (χ4n) is 5.46. The summed E-state index contributed by atoms with van der Waals surface area (Å²) in [5, 5.41) is 17.4. The summed E-state index contributed by atoms with van der Waals surface area (Å²) in [4.78, 5) is 75.3. The van der Waals surface area contributed by atoms with Crippen molar-refractivity contribution in [2.24, 2.45) is 0 Å². The Kier molecular flexibility index (Phi) is 35.0. The van der Waals surface area contributed by atoms with Crippen molar-refractivity contribution in [2.45, 2.75) is 97.6 Å². The Balaban J connectivity index is 1.96. The van der Waals surface area contributed by atoms with E-state index in [0.29, 0.717) is 105 Å². The number of nitrogens with one attached hydrogen (secondary N) is 3. The lowest BCUT2D eigenvalue weighted by molar-refractivity contribution is -0.150. The predicted octanol–water partition coefficient (Wildman–Crippen LogP) is 1.67. The van der Waals surface area contributed by atoms with E-state index in [0.717, 1.165) is 5.56 Å². The number of hydrogen-bond acceptors (Lipinski definition) is 16. The third-order valence-corrected chi connectivity index (χ3v) is 9.08. The predicted molar refractivity (Wildman–Crippen MR) is 244 cm³/mol. The third kappa shape index (κ3) is 33.7. The second-order valence-corrected chi connectivity index (χ2v) is 16.0. The summed E-state index contributed by atoms with van der Waals surface area (Å²) in [7, 11) is 0. The molecule has 1 rings (SSSR count). The molecule has 0 radical (unpaired) electrons. The molecule has 0 aliphatic carbocycles. The van der Waals surface area contributed by atoms with E-state index in [2.05, 4.69) is 16.0 Å². The van der Waals surface area contributed by atoms with Gasteiger partial charge in [-0.25, -0.2) is 4.79 Å². The molecule has 21 nitrogen and oxygen atoms in total. The molecule has 21 heteroatoms. The number of rotatable bonds is 42. The van der Waals surface area contributed by atoms with E-state index in [9.17, 15) is 33.9 Å². The number of benzene rings is 1. The van der Waals surface area contributed by atoms with Crippen LogP contribution in [0.4, 0.5) is 0 Å². The highest BCUT2D eigenvalue weighted by Gasteiger charge is 2.31. The van der Waals surface area contributed by atoms with Gasteiger partial charge in [-0.3, -0.25) is 24.0 Å². The standard InChI is InChI=1S/C46H78N4O17/c1-7-17-50(37(3)45(56)57)44(55)36(2)48-43(54)39(35-67-46(4,5)6)49-41(52)15-18-58-20-22-60-24-26-62-28-30-64-32-33-65-31-29-63-27-25-61-23-21-59-19-16-47-40(51)13-14-42(53)66-34-38-11-9-8-10-12-38/h8-12,36-37,39H,7,13-35H2,1-6H3,(H,47,51)(H,48,54)(H,49,52)(H,56,57)/t36-,37+,39+/m1/s1. The number of ether oxygens (including phenoxy) is 10. The van der Waals surface area contributed by atoms with E-state index in [1.165, 1.54) is 18.7 Å². The first kappa shape index (κ1) is 60.7. The molecular formula is C46H78N4O17. The lowest BCUT2D eigenvalue weighted by atomic mass is 10.1. The van der Waals surface area contributed by atoms with Crippen molar-refractivity contribution in [3.63, 3.8) is 0 Å². The Morgan fingerprint density at radius 3 is 1.57 bits per heavy atom. The first-order chi connectivity index (χ1) is 32.1. The second kappa shape index (κ2) is 38.6. The molecule has 3 atom stereocenters. The van der Waals surface area contributed by atoms with Crippen LogP contribution in [-0.4, -0.2) is 195 Å². The van der Waals surface area contributed by atoms with Crippen LogP contribution in [0.1, 0.15) is 72.8 Å². The molecule has 0 saturated carbocycles. The topological polar surface area (TPSA) is 254 Å². The summed E-state index contributed by atoms with van der Waals surface area (Å²) in [6, 6.07) is 6.14. The van der Waals surface area contributed by atoms with Crippen molar-refractivity contribution in [1.29, 1.82) is 0 Å². The number of carbonyl (C=O) groups is 6. The van der Waals surface area contributed by atoms with Crippen LogP contribution in [-0.2, 0) is 82.7 Å². The normalized spacial score (nSPS) is 12.7. The van der Waals surface area contributed by atoms with Crippen molar-refractivity contribution in [1.82, 2.24) is 20.9 Å². The minimum atomic E-state index is -1.15. The van der Waals surface area contributed by atoms with Gasteiger partial charge in [-0.15, -0.1) is 0 Å². The number of nitrogens with zero attached hydrogens (tertiary/aromatic N) is 1. The minimum Gasteiger partial charge on any atom is -0.480 e. The maximum Gasteiger partial charge on any atom is 0.326 e. The van der Waals surface area contributed by atoms with Crippen molar-refractivity contribution in [2.75, 3.05) is 125 Å². The molecule has 4 N–H and O–H groups in total. The van der Waals surface area contributed by atoms with Crippen LogP contribution in [0.3, 0.4) is 0 Å². The summed E-state index contributed by atoms with van der Waals surface area (Å²) in [5.74, 6) is -3.45. The largest absolute Gasteiger partial charge is 0.480 e. The van der Waals surface area contributed by atoms with Crippen LogP contribution < -0.4 is 16.0 Å². The van der Waals surface area contributed by atoms with Crippen LogP contribution in [0.25, 0.3) is 0 Å². The lowest BCUT2D eigenvalue weighted by Crippen LogP contribution is -2.57. The highest BCUT2D eigenvalue weighted by Crippen LogP contribution is 2.09. The molecule has 0 bridgehead atoms. The van der Waals surface area contributed by atoms with E-state index in [4.69, 9.17) is 47.4 Å². The smallest absolute Gasteiger partial charge is 0.326 e. The number of esters is 1. The number of carboxylic acids is 1. The highest BCUT2D eigenvalue weighted by molar-refractivity contribution is 5.93. The SMILES string of the molecule is CCCN(C(=O)[C@@H](C)NC(=O)[C@H](COC(C)(C)C)NC(=O)CCOCCOCCOCCOCCOCCOCCOCCOCCNC(=O)CCC(=O)OCc1ccccc1)[C@@H](C)C(=O)O. The molecule has 4 amide bonds. The fraction of sp³-hybridized carbons (Fsp3) is 0.739. The lowest BCUT2D eigenvalue weighted by Gasteiger charge is -2.30. The number of carbonyl (C=O) groups excluding carboxylic acids is 5. The van der Waals surface area contributed by atoms with E-state index in [-0.39, 0.29) is 58.1 Å². The van der Waals surface area contributed by atoms with Crippen LogP contribution in [0.15, 0.2) is 30.3 Å². The third-order valence-electron chi connectivity index (χ3n) is 9.08. The molecule has 384 valence electrons. The molecule has 0 spiro atoms. The fourth-order valence-corrected chi connectivity index (χ4v) is 5.46. The zero-order chi connectivity index (χ0) is 49.5. The van der Waals surface area contributed by atoms with Gasteiger partial charge < -0.3 is 73.3 Å². The minimum absolute atomic E-state index is 0.0163. The van der Waals surface area contributed by atoms with Gasteiger partial charge in [0, 0.05) is 25.9 Å². The average molecular weight is 959 g/mol. The van der Waals surface area contributed by atoms with E-state index >= 15 is 0 Å². The van der Waals surface area contributed by atoms with Gasteiger partial charge in [0.25, 0.3) is 0 Å². The summed E-state index contributed by atoms with van der Waals surface area (Å²) in [6.45, 7) is 16.4. The number of amides is 4. The van der Waals surface area contributed by atoms with Crippen molar-refractivity contribution in [3.8, 4) is 0 Å². The Morgan fingerprint density at radius 2 is 1.10 bits per heavy atom. The monoisotopic (exact) mass is 959 g/mol.